The van der Waals surface area contributed by atoms with E-state index in [0.717, 1.165) is 11.1 Å². The lowest BCUT2D eigenvalue weighted by molar-refractivity contribution is -0.123. The zero-order chi connectivity index (χ0) is 28.5. The van der Waals surface area contributed by atoms with Crippen molar-refractivity contribution in [1.29, 1.82) is 0 Å². The predicted molar refractivity (Wildman–Crippen MR) is 149 cm³/mol. The number of aromatic nitrogens is 3. The van der Waals surface area contributed by atoms with Crippen molar-refractivity contribution in [3.8, 4) is 10.7 Å². The van der Waals surface area contributed by atoms with Crippen molar-refractivity contribution in [2.45, 2.75) is 24.9 Å². The normalized spacial score (nSPS) is 12.7. The first-order chi connectivity index (χ1) is 19.2. The van der Waals surface area contributed by atoms with Gasteiger partial charge in [0.05, 0.1) is 30.7 Å². The second-order valence-corrected chi connectivity index (χ2v) is 10.6. The fraction of sp³-hybridized carbons (Fsp3) is 0.192. The Morgan fingerprint density at radius 3 is 2.38 bits per heavy atom. The fourth-order valence-corrected chi connectivity index (χ4v) is 5.10. The molecular formula is C26H26N6O6S2. The Hall–Kier alpha value is -4.40. The molecule has 0 fully saturated rings. The highest BCUT2D eigenvalue weighted by molar-refractivity contribution is 7.87. The number of methoxy groups -OCH3 is 1. The van der Waals surface area contributed by atoms with Crippen molar-refractivity contribution in [1.82, 2.24) is 25.6 Å². The van der Waals surface area contributed by atoms with E-state index in [4.69, 9.17) is 9.29 Å². The maximum absolute atomic E-state index is 13.5. The van der Waals surface area contributed by atoms with Crippen molar-refractivity contribution in [2.24, 2.45) is 0 Å². The maximum atomic E-state index is 13.5. The Kier molecular flexibility index (Phi) is 9.37. The molecule has 2 heterocycles. The van der Waals surface area contributed by atoms with Crippen LogP contribution >= 0.6 is 11.3 Å². The summed E-state index contributed by atoms with van der Waals surface area (Å²) >= 11 is 1.34. The Balaban J connectivity index is 1.60. The Bertz CT molecular complexity index is 1530. The quantitative estimate of drug-likeness (QED) is 0.194. The highest BCUT2D eigenvalue weighted by Gasteiger charge is 2.26. The number of thiazole rings is 1. The van der Waals surface area contributed by atoms with E-state index in [2.05, 4.69) is 25.6 Å². The highest BCUT2D eigenvalue weighted by Crippen LogP contribution is 2.27. The van der Waals surface area contributed by atoms with Crippen LogP contribution in [-0.4, -0.2) is 53.1 Å². The minimum Gasteiger partial charge on any atom is -0.453 e. The van der Waals surface area contributed by atoms with Crippen LogP contribution in [0.25, 0.3) is 10.7 Å². The Morgan fingerprint density at radius 2 is 1.73 bits per heavy atom. The summed E-state index contributed by atoms with van der Waals surface area (Å²) in [5.74, 6) is -0.446. The minimum absolute atomic E-state index is 0.177. The largest absolute Gasteiger partial charge is 0.453 e. The van der Waals surface area contributed by atoms with Crippen LogP contribution < -0.4 is 15.4 Å². The number of ether oxygens (including phenoxy) is 1. The molecule has 0 saturated carbocycles. The molecule has 0 bridgehead atoms. The molecule has 2 unspecified atom stereocenters. The number of benzene rings is 2. The molecule has 0 spiro atoms. The van der Waals surface area contributed by atoms with Gasteiger partial charge in [-0.25, -0.2) is 9.78 Å². The van der Waals surface area contributed by atoms with Gasteiger partial charge in [0.25, 0.3) is 0 Å². The molecule has 14 heteroatoms. The van der Waals surface area contributed by atoms with Crippen LogP contribution in [0.1, 0.15) is 22.9 Å². The van der Waals surface area contributed by atoms with Crippen molar-refractivity contribution >= 4 is 39.3 Å². The lowest BCUT2D eigenvalue weighted by atomic mass is 10.0. The third-order valence-corrected chi connectivity index (χ3v) is 7.07. The summed E-state index contributed by atoms with van der Waals surface area (Å²) in [4.78, 5) is 38.6. The van der Waals surface area contributed by atoms with Gasteiger partial charge in [-0.05, 0) is 29.7 Å². The van der Waals surface area contributed by atoms with Gasteiger partial charge in [0, 0.05) is 24.2 Å². The van der Waals surface area contributed by atoms with Crippen molar-refractivity contribution in [2.75, 3.05) is 11.8 Å². The second-order valence-electron chi connectivity index (χ2n) is 8.59. The van der Waals surface area contributed by atoms with Crippen LogP contribution in [0.3, 0.4) is 0 Å². The van der Waals surface area contributed by atoms with E-state index < -0.39 is 34.4 Å². The van der Waals surface area contributed by atoms with Gasteiger partial charge in [-0.1, -0.05) is 42.5 Å². The molecule has 208 valence electrons. The van der Waals surface area contributed by atoms with Gasteiger partial charge in [-0.15, -0.1) is 11.3 Å². The molecule has 0 saturated heterocycles. The molecule has 4 rings (SSSR count). The average Bonchev–Trinajstić information content (AvgIpc) is 3.44. The fourth-order valence-electron chi connectivity index (χ4n) is 3.83. The van der Waals surface area contributed by atoms with Gasteiger partial charge in [-0.3, -0.25) is 24.0 Å². The molecule has 2 aromatic carbocycles. The van der Waals surface area contributed by atoms with E-state index >= 15 is 0 Å². The first-order valence-corrected chi connectivity index (χ1v) is 14.3. The number of carbonyl (C=O) groups excluding carboxylic acids is 2. The van der Waals surface area contributed by atoms with Crippen LogP contribution in [0.2, 0.25) is 0 Å². The van der Waals surface area contributed by atoms with Crippen LogP contribution in [0.15, 0.2) is 78.6 Å². The lowest BCUT2D eigenvalue weighted by Gasteiger charge is -2.23. The van der Waals surface area contributed by atoms with Gasteiger partial charge >= 0.3 is 16.4 Å². The smallest absolute Gasteiger partial charge is 0.407 e. The monoisotopic (exact) mass is 582 g/mol. The average molecular weight is 583 g/mol. The summed E-state index contributed by atoms with van der Waals surface area (Å²) in [5.41, 5.74) is 2.92. The molecule has 12 nitrogen and oxygen atoms in total. The molecule has 2 aromatic heterocycles. The third kappa shape index (κ3) is 8.30. The van der Waals surface area contributed by atoms with Crippen molar-refractivity contribution in [3.05, 3.63) is 95.4 Å². The summed E-state index contributed by atoms with van der Waals surface area (Å²) in [6, 6.07) is 14.0. The van der Waals surface area contributed by atoms with Crippen molar-refractivity contribution in [3.63, 3.8) is 0 Å². The summed E-state index contributed by atoms with van der Waals surface area (Å²) in [6.07, 6.45) is 4.48. The number of carbonyl (C=O) groups is 2. The number of amides is 2. The lowest BCUT2D eigenvalue weighted by Crippen LogP contribution is -2.49. The van der Waals surface area contributed by atoms with E-state index in [1.807, 2.05) is 40.4 Å². The van der Waals surface area contributed by atoms with Crippen LogP contribution in [0.5, 0.6) is 0 Å². The number of alkyl carbamates (subject to hydrolysis) is 1. The van der Waals surface area contributed by atoms with Crippen LogP contribution in [0.4, 0.5) is 10.5 Å². The first-order valence-electron chi connectivity index (χ1n) is 11.9. The summed E-state index contributed by atoms with van der Waals surface area (Å²) in [5, 5.41) is 8.02. The van der Waals surface area contributed by atoms with Crippen LogP contribution in [-0.2, 0) is 32.7 Å². The number of rotatable bonds is 11. The summed E-state index contributed by atoms with van der Waals surface area (Å²) < 4.78 is 38.0. The molecule has 2 atom stereocenters. The highest BCUT2D eigenvalue weighted by atomic mass is 32.2. The minimum atomic E-state index is -4.41. The van der Waals surface area contributed by atoms with E-state index in [9.17, 15) is 18.0 Å². The van der Waals surface area contributed by atoms with E-state index in [1.165, 1.54) is 30.6 Å². The zero-order valence-electron chi connectivity index (χ0n) is 21.2. The zero-order valence-corrected chi connectivity index (χ0v) is 22.9. The summed E-state index contributed by atoms with van der Waals surface area (Å²) in [7, 11) is -3.19. The van der Waals surface area contributed by atoms with Gasteiger partial charge in [0.15, 0.2) is 0 Å². The molecule has 4 N–H and O–H groups in total. The van der Waals surface area contributed by atoms with E-state index in [0.29, 0.717) is 16.4 Å². The topological polar surface area (TPSA) is 172 Å². The Morgan fingerprint density at radius 1 is 1.00 bits per heavy atom. The van der Waals surface area contributed by atoms with E-state index in [1.54, 1.807) is 30.7 Å². The molecule has 0 radical (unpaired) electrons. The second kappa shape index (κ2) is 13.1. The molecule has 0 aliphatic rings. The number of nitrogens with one attached hydrogen (secondary N) is 3. The molecule has 2 amide bonds. The Labute approximate surface area is 234 Å². The number of hydrogen-bond donors (Lipinski definition) is 4. The van der Waals surface area contributed by atoms with Gasteiger partial charge in [0.1, 0.15) is 16.7 Å². The van der Waals surface area contributed by atoms with Gasteiger partial charge in [0.2, 0.25) is 5.91 Å². The molecule has 40 heavy (non-hydrogen) atoms. The molecule has 0 aliphatic carbocycles. The maximum Gasteiger partial charge on any atom is 0.407 e. The van der Waals surface area contributed by atoms with E-state index in [-0.39, 0.29) is 18.5 Å². The number of hydrogen-bond acceptors (Lipinski definition) is 9. The van der Waals surface area contributed by atoms with Crippen LogP contribution in [0, 0.1) is 0 Å². The summed E-state index contributed by atoms with van der Waals surface area (Å²) in [6.45, 7) is 0. The van der Waals surface area contributed by atoms with Gasteiger partial charge < -0.3 is 15.4 Å². The number of anilines is 1. The molecular weight excluding hydrogens is 556 g/mol. The predicted octanol–water partition coefficient (Wildman–Crippen LogP) is 3.18. The SMILES string of the molecule is COC(=O)NC(Cc1ccccc1)C(=O)NC(Cc1ccc(NS(=O)(=O)O)cc1)c1csc(-c2cnccn2)n1. The van der Waals surface area contributed by atoms with Gasteiger partial charge in [-0.2, -0.15) is 8.42 Å². The number of nitrogens with zero attached hydrogens (tertiary/aromatic N) is 3. The first kappa shape index (κ1) is 28.6. The molecule has 0 aliphatic heterocycles. The third-order valence-electron chi connectivity index (χ3n) is 5.69. The van der Waals surface area contributed by atoms with Crippen molar-refractivity contribution < 1.29 is 27.3 Å². The standard InChI is InChI=1S/C26H26N6O6S2/c1-38-26(34)31-21(14-17-5-3-2-4-6-17)24(33)29-20(13-18-7-9-19(10-8-18)32-40(35,36)37)23-16-39-25(30-23)22-15-27-11-12-28-22/h2-12,15-16,20-21,32H,13-14H2,1H3,(H,29,33)(H,31,34)(H,35,36,37). The molecule has 4 aromatic rings.